The number of amides is 2. The minimum Gasteiger partial charge on any atom is -0.391 e. The molecule has 2 atom stereocenters. The molecule has 0 saturated heterocycles. The smallest absolute Gasteiger partial charge is 0.315 e. The summed E-state index contributed by atoms with van der Waals surface area (Å²) in [4.78, 5) is 11.7. The van der Waals surface area contributed by atoms with Gasteiger partial charge in [0.2, 0.25) is 0 Å². The Labute approximate surface area is 125 Å². The first kappa shape index (κ1) is 16.8. The summed E-state index contributed by atoms with van der Waals surface area (Å²) >= 11 is 5.82. The van der Waals surface area contributed by atoms with Gasteiger partial charge in [-0.15, -0.1) is 0 Å². The zero-order valence-electron chi connectivity index (χ0n) is 12.2. The number of urea groups is 1. The maximum Gasteiger partial charge on any atom is 0.315 e. The van der Waals surface area contributed by atoms with Gasteiger partial charge in [0.05, 0.1) is 12.1 Å². The zero-order valence-corrected chi connectivity index (χ0v) is 12.9. The molecule has 2 amide bonds. The molecule has 0 aromatic heterocycles. The highest BCUT2D eigenvalue weighted by molar-refractivity contribution is 6.30. The Morgan fingerprint density at radius 1 is 1.25 bits per heavy atom. The second kappa shape index (κ2) is 8.12. The molecule has 0 saturated carbocycles. The molecule has 0 aliphatic rings. The molecular weight excluding hydrogens is 276 g/mol. The summed E-state index contributed by atoms with van der Waals surface area (Å²) in [5, 5.41) is 15.9. The lowest BCUT2D eigenvalue weighted by Gasteiger charge is -2.17. The second-order valence-electron chi connectivity index (χ2n) is 5.41. The van der Waals surface area contributed by atoms with Gasteiger partial charge in [0.15, 0.2) is 0 Å². The minimum atomic E-state index is -0.508. The Balaban J connectivity index is 2.36. The number of carbonyl (C=O) groups excluding carboxylic acids is 1. The van der Waals surface area contributed by atoms with Crippen molar-refractivity contribution < 1.29 is 9.90 Å². The first-order valence-corrected chi connectivity index (χ1v) is 7.24. The van der Waals surface area contributed by atoms with Crippen LogP contribution in [0.5, 0.6) is 0 Å². The normalized spacial score (nSPS) is 13.9. The van der Waals surface area contributed by atoms with Crippen LogP contribution in [-0.2, 0) is 0 Å². The third kappa shape index (κ3) is 6.26. The molecule has 0 bridgehead atoms. The number of halogens is 1. The summed E-state index contributed by atoms with van der Waals surface area (Å²) in [5.41, 5.74) is 0.979. The van der Waals surface area contributed by atoms with Gasteiger partial charge >= 0.3 is 6.03 Å². The summed E-state index contributed by atoms with van der Waals surface area (Å²) in [6, 6.07) is 6.94. The molecule has 0 fully saturated rings. The van der Waals surface area contributed by atoms with E-state index in [1.807, 2.05) is 32.9 Å². The lowest BCUT2D eigenvalue weighted by Crippen LogP contribution is -2.41. The second-order valence-corrected chi connectivity index (χ2v) is 5.85. The van der Waals surface area contributed by atoms with Crippen molar-refractivity contribution in [3.63, 3.8) is 0 Å². The van der Waals surface area contributed by atoms with E-state index in [4.69, 9.17) is 11.6 Å². The van der Waals surface area contributed by atoms with Crippen molar-refractivity contribution in [1.29, 1.82) is 0 Å². The van der Waals surface area contributed by atoms with Crippen molar-refractivity contribution in [3.8, 4) is 0 Å². The number of aliphatic hydroxyl groups is 1. The molecule has 20 heavy (non-hydrogen) atoms. The summed E-state index contributed by atoms with van der Waals surface area (Å²) < 4.78 is 0. The van der Waals surface area contributed by atoms with Crippen LogP contribution in [0.1, 0.15) is 38.8 Å². The Morgan fingerprint density at radius 2 is 1.85 bits per heavy atom. The number of carbonyl (C=O) groups is 1. The Kier molecular flexibility index (Phi) is 6.82. The van der Waals surface area contributed by atoms with Crippen LogP contribution >= 0.6 is 11.6 Å². The lowest BCUT2D eigenvalue weighted by molar-refractivity contribution is 0.146. The fourth-order valence-electron chi connectivity index (χ4n) is 1.92. The van der Waals surface area contributed by atoms with E-state index in [-0.39, 0.29) is 18.6 Å². The van der Waals surface area contributed by atoms with E-state index in [0.29, 0.717) is 17.4 Å². The molecule has 0 aliphatic heterocycles. The maximum absolute atomic E-state index is 11.7. The van der Waals surface area contributed by atoms with Crippen LogP contribution in [0.25, 0.3) is 0 Å². The maximum atomic E-state index is 11.7. The lowest BCUT2D eigenvalue weighted by atomic mass is 10.1. The van der Waals surface area contributed by atoms with E-state index in [1.165, 1.54) is 0 Å². The van der Waals surface area contributed by atoms with Crippen LogP contribution in [0.15, 0.2) is 24.3 Å². The first-order valence-electron chi connectivity index (χ1n) is 6.86. The van der Waals surface area contributed by atoms with Crippen LogP contribution < -0.4 is 10.6 Å². The summed E-state index contributed by atoms with van der Waals surface area (Å²) in [6.45, 7) is 6.22. The van der Waals surface area contributed by atoms with Gasteiger partial charge in [0, 0.05) is 11.6 Å². The van der Waals surface area contributed by atoms with E-state index in [0.717, 1.165) is 5.56 Å². The number of rotatable bonds is 6. The van der Waals surface area contributed by atoms with Crippen molar-refractivity contribution in [3.05, 3.63) is 34.9 Å². The Hall–Kier alpha value is -1.26. The van der Waals surface area contributed by atoms with E-state index in [1.54, 1.807) is 12.1 Å². The van der Waals surface area contributed by atoms with Gasteiger partial charge in [-0.1, -0.05) is 37.6 Å². The molecule has 1 aromatic carbocycles. The molecule has 0 radical (unpaired) electrons. The molecule has 0 heterocycles. The zero-order chi connectivity index (χ0) is 15.1. The average molecular weight is 299 g/mol. The van der Waals surface area contributed by atoms with E-state index in [9.17, 15) is 9.90 Å². The molecule has 4 nitrogen and oxygen atoms in total. The molecule has 3 N–H and O–H groups in total. The third-order valence-electron chi connectivity index (χ3n) is 2.96. The highest BCUT2D eigenvalue weighted by Crippen LogP contribution is 2.15. The summed E-state index contributed by atoms with van der Waals surface area (Å²) in [5.74, 6) is 0.405. The van der Waals surface area contributed by atoms with Crippen molar-refractivity contribution in [1.82, 2.24) is 10.6 Å². The van der Waals surface area contributed by atoms with Crippen molar-refractivity contribution in [2.45, 2.75) is 39.3 Å². The van der Waals surface area contributed by atoms with Crippen LogP contribution in [0.3, 0.4) is 0 Å². The molecular formula is C15H23ClN2O2. The first-order chi connectivity index (χ1) is 9.38. The highest BCUT2D eigenvalue weighted by atomic mass is 35.5. The topological polar surface area (TPSA) is 61.4 Å². The predicted octanol–water partition coefficient (Wildman–Crippen LogP) is 3.11. The Morgan fingerprint density at radius 3 is 2.40 bits per heavy atom. The van der Waals surface area contributed by atoms with Gasteiger partial charge in [-0.25, -0.2) is 4.79 Å². The molecule has 0 aliphatic carbocycles. The van der Waals surface area contributed by atoms with E-state index >= 15 is 0 Å². The predicted molar refractivity (Wildman–Crippen MR) is 81.9 cm³/mol. The number of hydrogen-bond acceptors (Lipinski definition) is 2. The average Bonchev–Trinajstić information content (AvgIpc) is 2.36. The summed E-state index contributed by atoms with van der Waals surface area (Å²) in [7, 11) is 0. The molecule has 112 valence electrons. The van der Waals surface area contributed by atoms with Crippen LogP contribution in [0, 0.1) is 5.92 Å². The van der Waals surface area contributed by atoms with Gasteiger partial charge in [0.1, 0.15) is 0 Å². The number of aliphatic hydroxyl groups excluding tert-OH is 1. The summed E-state index contributed by atoms with van der Waals surface area (Å²) in [6.07, 6.45) is 0.166. The fourth-order valence-corrected chi connectivity index (χ4v) is 2.05. The molecule has 1 aromatic rings. The number of hydrogen-bond donors (Lipinski definition) is 3. The van der Waals surface area contributed by atoms with Crippen LogP contribution in [0.4, 0.5) is 4.79 Å². The van der Waals surface area contributed by atoms with Crippen LogP contribution in [0.2, 0.25) is 5.02 Å². The van der Waals surface area contributed by atoms with Crippen molar-refractivity contribution >= 4 is 17.6 Å². The van der Waals surface area contributed by atoms with Gasteiger partial charge in [-0.05, 0) is 37.0 Å². The van der Waals surface area contributed by atoms with Crippen molar-refractivity contribution in [2.24, 2.45) is 5.92 Å². The van der Waals surface area contributed by atoms with Crippen molar-refractivity contribution in [2.75, 3.05) is 6.54 Å². The van der Waals surface area contributed by atoms with E-state index < -0.39 is 6.10 Å². The quantitative estimate of drug-likeness (QED) is 0.756. The molecule has 1 rings (SSSR count). The highest BCUT2D eigenvalue weighted by Gasteiger charge is 2.11. The number of nitrogens with one attached hydrogen (secondary N) is 2. The van der Waals surface area contributed by atoms with Gasteiger partial charge in [-0.2, -0.15) is 0 Å². The largest absolute Gasteiger partial charge is 0.391 e. The Bertz CT molecular complexity index is 420. The van der Waals surface area contributed by atoms with Gasteiger partial charge < -0.3 is 15.7 Å². The molecule has 2 unspecified atom stereocenters. The SMILES string of the molecule is CC(C)CC(O)CNC(=O)NC(C)c1ccc(Cl)cc1. The van der Waals surface area contributed by atoms with Crippen LogP contribution in [-0.4, -0.2) is 23.8 Å². The number of benzene rings is 1. The van der Waals surface area contributed by atoms with Gasteiger partial charge in [-0.3, -0.25) is 0 Å². The molecule has 5 heteroatoms. The fraction of sp³-hybridized carbons (Fsp3) is 0.533. The standard InChI is InChI=1S/C15H23ClN2O2/c1-10(2)8-14(19)9-17-15(20)18-11(3)12-4-6-13(16)7-5-12/h4-7,10-11,14,19H,8-9H2,1-3H3,(H2,17,18,20). The molecule has 0 spiro atoms. The monoisotopic (exact) mass is 298 g/mol. The van der Waals surface area contributed by atoms with Gasteiger partial charge in [0.25, 0.3) is 0 Å². The third-order valence-corrected chi connectivity index (χ3v) is 3.21. The minimum absolute atomic E-state index is 0.116. The van der Waals surface area contributed by atoms with E-state index in [2.05, 4.69) is 10.6 Å².